The zero-order valence-electron chi connectivity index (χ0n) is 12.6. The molecule has 0 aliphatic heterocycles. The van der Waals surface area contributed by atoms with Crippen LogP contribution < -0.4 is 5.32 Å². The van der Waals surface area contributed by atoms with Gasteiger partial charge in [0, 0.05) is 29.5 Å². The lowest BCUT2D eigenvalue weighted by Gasteiger charge is -2.19. The van der Waals surface area contributed by atoms with E-state index in [9.17, 15) is 4.79 Å². The standard InChI is InChI=1S/C17H18Cl2N2OS/c1-2-9-21(11-15-7-8-16(19)23-15)12-17(22)20-10-13-3-5-14(18)6-4-13/h2-8H,1,9-12H2,(H,20,22). The van der Waals surface area contributed by atoms with Crippen molar-refractivity contribution in [2.24, 2.45) is 0 Å². The molecule has 2 rings (SSSR count). The fourth-order valence-corrected chi connectivity index (χ4v) is 3.34. The molecule has 23 heavy (non-hydrogen) atoms. The Morgan fingerprint density at radius 2 is 1.96 bits per heavy atom. The maximum Gasteiger partial charge on any atom is 0.234 e. The van der Waals surface area contributed by atoms with Crippen LogP contribution >= 0.6 is 34.5 Å². The van der Waals surface area contributed by atoms with E-state index in [1.54, 1.807) is 6.08 Å². The fraction of sp³-hybridized carbons (Fsp3) is 0.235. The SMILES string of the molecule is C=CCN(CC(=O)NCc1ccc(Cl)cc1)Cc1ccc(Cl)s1. The van der Waals surface area contributed by atoms with Gasteiger partial charge in [0.05, 0.1) is 10.9 Å². The van der Waals surface area contributed by atoms with Gasteiger partial charge in [-0.2, -0.15) is 0 Å². The summed E-state index contributed by atoms with van der Waals surface area (Å²) in [5.74, 6) is -0.0237. The number of hydrogen-bond donors (Lipinski definition) is 1. The summed E-state index contributed by atoms with van der Waals surface area (Å²) >= 11 is 13.3. The molecule has 0 unspecified atom stereocenters. The van der Waals surface area contributed by atoms with Crippen LogP contribution in [0, 0.1) is 0 Å². The summed E-state index contributed by atoms with van der Waals surface area (Å²) in [6.45, 7) is 5.87. The van der Waals surface area contributed by atoms with E-state index in [2.05, 4.69) is 11.9 Å². The molecule has 3 nitrogen and oxygen atoms in total. The van der Waals surface area contributed by atoms with Gasteiger partial charge in [-0.1, -0.05) is 41.4 Å². The van der Waals surface area contributed by atoms with Gasteiger partial charge in [-0.15, -0.1) is 17.9 Å². The molecule has 0 fully saturated rings. The van der Waals surface area contributed by atoms with E-state index in [1.807, 2.05) is 41.3 Å². The first kappa shape index (κ1) is 18.0. The average molecular weight is 369 g/mol. The summed E-state index contributed by atoms with van der Waals surface area (Å²) < 4.78 is 0.755. The first-order valence-electron chi connectivity index (χ1n) is 7.15. The lowest BCUT2D eigenvalue weighted by atomic mass is 10.2. The highest BCUT2D eigenvalue weighted by molar-refractivity contribution is 7.16. The summed E-state index contributed by atoms with van der Waals surface area (Å²) in [5.41, 5.74) is 1.02. The van der Waals surface area contributed by atoms with Crippen molar-refractivity contribution in [1.29, 1.82) is 0 Å². The smallest absolute Gasteiger partial charge is 0.234 e. The lowest BCUT2D eigenvalue weighted by molar-refractivity contribution is -0.122. The van der Waals surface area contributed by atoms with Crippen LogP contribution in [-0.4, -0.2) is 23.9 Å². The molecule has 0 aliphatic carbocycles. The van der Waals surface area contributed by atoms with Gasteiger partial charge in [-0.3, -0.25) is 9.69 Å². The van der Waals surface area contributed by atoms with Crippen LogP contribution in [0.1, 0.15) is 10.4 Å². The highest BCUT2D eigenvalue weighted by Gasteiger charge is 2.11. The van der Waals surface area contributed by atoms with Gasteiger partial charge in [-0.05, 0) is 29.8 Å². The van der Waals surface area contributed by atoms with E-state index in [-0.39, 0.29) is 5.91 Å². The number of carbonyl (C=O) groups excluding carboxylic acids is 1. The van der Waals surface area contributed by atoms with Gasteiger partial charge in [0.1, 0.15) is 0 Å². The third-order valence-electron chi connectivity index (χ3n) is 3.17. The summed E-state index contributed by atoms with van der Waals surface area (Å²) in [6.07, 6.45) is 1.79. The number of nitrogens with one attached hydrogen (secondary N) is 1. The minimum Gasteiger partial charge on any atom is -0.351 e. The molecular formula is C17H18Cl2N2OS. The molecular weight excluding hydrogens is 351 g/mol. The van der Waals surface area contributed by atoms with Crippen molar-refractivity contribution in [2.75, 3.05) is 13.1 Å². The maximum atomic E-state index is 12.1. The fourth-order valence-electron chi connectivity index (χ4n) is 2.09. The van der Waals surface area contributed by atoms with Gasteiger partial charge >= 0.3 is 0 Å². The molecule has 0 aliphatic rings. The molecule has 0 saturated carbocycles. The van der Waals surface area contributed by atoms with Crippen LogP contribution in [0.5, 0.6) is 0 Å². The largest absolute Gasteiger partial charge is 0.351 e. The third kappa shape index (κ3) is 6.36. The first-order chi connectivity index (χ1) is 11.1. The molecule has 0 radical (unpaired) electrons. The molecule has 0 atom stereocenters. The summed E-state index contributed by atoms with van der Waals surface area (Å²) in [4.78, 5) is 15.3. The van der Waals surface area contributed by atoms with Crippen molar-refractivity contribution in [3.8, 4) is 0 Å². The van der Waals surface area contributed by atoms with Crippen molar-refractivity contribution in [2.45, 2.75) is 13.1 Å². The van der Waals surface area contributed by atoms with E-state index >= 15 is 0 Å². The summed E-state index contributed by atoms with van der Waals surface area (Å²) in [5, 5.41) is 3.60. The molecule has 1 heterocycles. The molecule has 1 aromatic carbocycles. The van der Waals surface area contributed by atoms with E-state index in [0.29, 0.717) is 31.2 Å². The topological polar surface area (TPSA) is 32.3 Å². The number of amides is 1. The number of halogens is 2. The average Bonchev–Trinajstić information content (AvgIpc) is 2.92. The zero-order valence-corrected chi connectivity index (χ0v) is 14.9. The first-order valence-corrected chi connectivity index (χ1v) is 8.72. The number of hydrogen-bond acceptors (Lipinski definition) is 3. The second-order valence-corrected chi connectivity index (χ2v) is 7.30. The van der Waals surface area contributed by atoms with Crippen LogP contribution in [-0.2, 0) is 17.9 Å². The number of nitrogens with zero attached hydrogens (tertiary/aromatic N) is 1. The van der Waals surface area contributed by atoms with Gasteiger partial charge in [0.2, 0.25) is 5.91 Å². The normalized spacial score (nSPS) is 10.7. The van der Waals surface area contributed by atoms with Gasteiger partial charge < -0.3 is 5.32 Å². The Balaban J connectivity index is 1.84. The van der Waals surface area contributed by atoms with Gasteiger partial charge in [-0.25, -0.2) is 0 Å². The Morgan fingerprint density at radius 1 is 1.22 bits per heavy atom. The second kappa shape index (κ2) is 9.08. The number of benzene rings is 1. The van der Waals surface area contributed by atoms with Crippen LogP contribution in [0.15, 0.2) is 49.1 Å². The van der Waals surface area contributed by atoms with Gasteiger partial charge in [0.15, 0.2) is 0 Å². The Labute approximate surface area is 150 Å². The summed E-state index contributed by atoms with van der Waals surface area (Å²) in [7, 11) is 0. The highest BCUT2D eigenvalue weighted by Crippen LogP contribution is 2.22. The number of rotatable bonds is 8. The van der Waals surface area contributed by atoms with Crippen molar-refractivity contribution in [1.82, 2.24) is 10.2 Å². The second-order valence-electron chi connectivity index (χ2n) is 5.07. The molecule has 0 saturated heterocycles. The van der Waals surface area contributed by atoms with Crippen LogP contribution in [0.2, 0.25) is 9.36 Å². The Hall–Kier alpha value is -1.33. The van der Waals surface area contributed by atoms with Gasteiger partial charge in [0.25, 0.3) is 0 Å². The molecule has 0 bridgehead atoms. The third-order valence-corrected chi connectivity index (χ3v) is 4.63. The Bertz CT molecular complexity index is 655. The Kier molecular flexibility index (Phi) is 7.12. The van der Waals surface area contributed by atoms with Crippen LogP contribution in [0.3, 0.4) is 0 Å². The van der Waals surface area contributed by atoms with Crippen LogP contribution in [0.4, 0.5) is 0 Å². The predicted molar refractivity (Wildman–Crippen MR) is 98.1 cm³/mol. The predicted octanol–water partition coefficient (Wildman–Crippen LogP) is 4.36. The quantitative estimate of drug-likeness (QED) is 0.702. The van der Waals surface area contributed by atoms with E-state index in [4.69, 9.17) is 23.2 Å². The highest BCUT2D eigenvalue weighted by atomic mass is 35.5. The molecule has 1 aromatic heterocycles. The molecule has 0 spiro atoms. The van der Waals surface area contributed by atoms with Crippen molar-refractivity contribution in [3.63, 3.8) is 0 Å². The van der Waals surface area contributed by atoms with E-state index < -0.39 is 0 Å². The number of thiophene rings is 1. The molecule has 122 valence electrons. The minimum atomic E-state index is -0.0237. The maximum absolute atomic E-state index is 12.1. The lowest BCUT2D eigenvalue weighted by Crippen LogP contribution is -2.36. The van der Waals surface area contributed by atoms with Crippen molar-refractivity contribution < 1.29 is 4.79 Å². The number of carbonyl (C=O) groups is 1. The van der Waals surface area contributed by atoms with E-state index in [0.717, 1.165) is 14.8 Å². The zero-order chi connectivity index (χ0) is 16.7. The minimum absolute atomic E-state index is 0.0237. The van der Waals surface area contributed by atoms with Crippen molar-refractivity contribution >= 4 is 40.4 Å². The molecule has 6 heteroatoms. The monoisotopic (exact) mass is 368 g/mol. The summed E-state index contributed by atoms with van der Waals surface area (Å²) in [6, 6.07) is 11.3. The van der Waals surface area contributed by atoms with Crippen molar-refractivity contribution in [3.05, 3.63) is 68.9 Å². The van der Waals surface area contributed by atoms with E-state index in [1.165, 1.54) is 11.3 Å². The van der Waals surface area contributed by atoms with Crippen LogP contribution in [0.25, 0.3) is 0 Å². The molecule has 1 amide bonds. The Morgan fingerprint density at radius 3 is 2.57 bits per heavy atom. The molecule has 2 aromatic rings. The molecule has 1 N–H and O–H groups in total.